The van der Waals surface area contributed by atoms with Crippen LogP contribution in [-0.4, -0.2) is 22.4 Å². The molecule has 0 fully saturated rings. The van der Waals surface area contributed by atoms with Crippen molar-refractivity contribution in [3.63, 3.8) is 0 Å². The highest BCUT2D eigenvalue weighted by molar-refractivity contribution is 9.10. The largest absolute Gasteiger partial charge is 0.414 e. The van der Waals surface area contributed by atoms with Crippen molar-refractivity contribution in [3.8, 4) is 0 Å². The van der Waals surface area contributed by atoms with Crippen molar-refractivity contribution in [3.05, 3.63) is 40.5 Å². The van der Waals surface area contributed by atoms with Crippen molar-refractivity contribution < 1.29 is 18.3 Å². The second kappa shape index (κ2) is 4.85. The van der Waals surface area contributed by atoms with E-state index < -0.39 is 18.7 Å². The molecular weight excluding hydrogens is 311 g/mol. The van der Waals surface area contributed by atoms with Crippen LogP contribution in [0.25, 0.3) is 10.9 Å². The summed E-state index contributed by atoms with van der Waals surface area (Å²) in [5.41, 5.74) is 0.819. The van der Waals surface area contributed by atoms with E-state index in [1.165, 1.54) is 6.07 Å². The Kier molecular flexibility index (Phi) is 3.59. The van der Waals surface area contributed by atoms with E-state index in [9.17, 15) is 13.2 Å². The number of hydrogen-bond acceptors (Lipinski definition) is 2. The number of fused-ring (bicyclic) bond motifs is 1. The van der Waals surface area contributed by atoms with Gasteiger partial charge in [-0.3, -0.25) is 4.98 Å². The molecule has 0 aliphatic heterocycles. The van der Waals surface area contributed by atoms with Gasteiger partial charge in [-0.05, 0) is 24.3 Å². The molecule has 1 unspecified atom stereocenters. The maximum atomic E-state index is 12.2. The molecule has 2 aromatic rings. The average molecular weight is 320 g/mol. The molecule has 0 aliphatic carbocycles. The third kappa shape index (κ3) is 3.00. The van der Waals surface area contributed by atoms with E-state index in [0.29, 0.717) is 5.52 Å². The van der Waals surface area contributed by atoms with Crippen LogP contribution in [0.5, 0.6) is 0 Å². The number of benzene rings is 1. The summed E-state index contributed by atoms with van der Waals surface area (Å²) in [5, 5.41) is 9.81. The first-order valence-corrected chi connectivity index (χ1v) is 5.95. The van der Waals surface area contributed by atoms with Crippen LogP contribution >= 0.6 is 15.9 Å². The average Bonchev–Trinajstić information content (AvgIpc) is 2.28. The van der Waals surface area contributed by atoms with Crippen molar-refractivity contribution in [2.45, 2.75) is 18.7 Å². The Hall–Kier alpha value is -1.14. The van der Waals surface area contributed by atoms with Crippen molar-refractivity contribution in [1.82, 2.24) is 4.98 Å². The summed E-state index contributed by atoms with van der Waals surface area (Å²) in [6, 6.07) is 8.48. The van der Waals surface area contributed by atoms with E-state index in [0.717, 1.165) is 9.86 Å². The topological polar surface area (TPSA) is 33.1 Å². The lowest BCUT2D eigenvalue weighted by Gasteiger charge is -2.14. The fourth-order valence-corrected chi connectivity index (χ4v) is 1.94. The van der Waals surface area contributed by atoms with Crippen LogP contribution in [0.3, 0.4) is 0 Å². The summed E-state index contributed by atoms with van der Waals surface area (Å²) in [6.07, 6.45) is -7.52. The maximum absolute atomic E-state index is 12.2. The van der Waals surface area contributed by atoms with Crippen LogP contribution in [0.4, 0.5) is 13.2 Å². The van der Waals surface area contributed by atoms with E-state index in [1.54, 1.807) is 18.2 Å². The zero-order valence-corrected chi connectivity index (χ0v) is 10.7. The monoisotopic (exact) mass is 319 g/mol. The zero-order valence-electron chi connectivity index (χ0n) is 9.08. The lowest BCUT2D eigenvalue weighted by molar-refractivity contribution is -0.203. The Labute approximate surface area is 110 Å². The standard InChI is InChI=1S/C12H9BrF3NO/c13-8-2-4-10-7(5-8)1-3-9(17-10)6-11(18)12(14,15)16/h1-5,11,18H,6H2. The first kappa shape index (κ1) is 13.3. The minimum Gasteiger partial charge on any atom is -0.383 e. The van der Waals surface area contributed by atoms with Crippen LogP contribution < -0.4 is 0 Å². The quantitative estimate of drug-likeness (QED) is 0.919. The van der Waals surface area contributed by atoms with E-state index >= 15 is 0 Å². The van der Waals surface area contributed by atoms with E-state index in [2.05, 4.69) is 20.9 Å². The predicted molar refractivity (Wildman–Crippen MR) is 65.2 cm³/mol. The van der Waals surface area contributed by atoms with E-state index in [1.807, 2.05) is 6.07 Å². The highest BCUT2D eigenvalue weighted by Gasteiger charge is 2.38. The fourth-order valence-electron chi connectivity index (χ4n) is 1.57. The number of aliphatic hydroxyl groups is 1. The minimum atomic E-state index is -4.61. The summed E-state index contributed by atoms with van der Waals surface area (Å²) in [4.78, 5) is 4.09. The highest BCUT2D eigenvalue weighted by atomic mass is 79.9. The number of halogens is 4. The normalized spacial score (nSPS) is 13.8. The second-order valence-corrected chi connectivity index (χ2v) is 4.82. The highest BCUT2D eigenvalue weighted by Crippen LogP contribution is 2.24. The van der Waals surface area contributed by atoms with Gasteiger partial charge < -0.3 is 5.11 Å². The molecule has 0 saturated heterocycles. The molecule has 2 nitrogen and oxygen atoms in total. The Morgan fingerprint density at radius 3 is 2.61 bits per heavy atom. The lowest BCUT2D eigenvalue weighted by atomic mass is 10.1. The van der Waals surface area contributed by atoms with Crippen molar-refractivity contribution in [1.29, 1.82) is 0 Å². The van der Waals surface area contributed by atoms with Gasteiger partial charge in [0.2, 0.25) is 0 Å². The third-order valence-corrected chi connectivity index (χ3v) is 2.98. The van der Waals surface area contributed by atoms with Gasteiger partial charge in [0.15, 0.2) is 6.10 Å². The molecule has 1 atom stereocenters. The molecule has 96 valence electrons. The molecule has 2 rings (SSSR count). The Morgan fingerprint density at radius 1 is 1.22 bits per heavy atom. The first-order chi connectivity index (χ1) is 8.36. The molecule has 0 saturated carbocycles. The minimum absolute atomic E-state index is 0.217. The molecule has 18 heavy (non-hydrogen) atoms. The van der Waals surface area contributed by atoms with E-state index in [-0.39, 0.29) is 5.69 Å². The van der Waals surface area contributed by atoms with Crippen molar-refractivity contribution >= 4 is 26.8 Å². The van der Waals surface area contributed by atoms with Gasteiger partial charge in [0.25, 0.3) is 0 Å². The lowest BCUT2D eigenvalue weighted by Crippen LogP contribution is -2.30. The fraction of sp³-hybridized carbons (Fsp3) is 0.250. The molecule has 0 radical (unpaired) electrons. The van der Waals surface area contributed by atoms with E-state index in [4.69, 9.17) is 5.11 Å². The number of nitrogens with zero attached hydrogens (tertiary/aromatic N) is 1. The summed E-state index contributed by atoms with van der Waals surface area (Å²) < 4.78 is 37.5. The molecule has 0 aliphatic rings. The summed E-state index contributed by atoms with van der Waals surface area (Å²) in [6.45, 7) is 0. The summed E-state index contributed by atoms with van der Waals surface area (Å²) in [5.74, 6) is 0. The summed E-state index contributed by atoms with van der Waals surface area (Å²) >= 11 is 3.30. The Balaban J connectivity index is 2.28. The van der Waals surface area contributed by atoms with Gasteiger partial charge in [0.05, 0.1) is 5.52 Å². The van der Waals surface area contributed by atoms with Crippen LogP contribution in [-0.2, 0) is 6.42 Å². The van der Waals surface area contributed by atoms with Gasteiger partial charge in [0.1, 0.15) is 0 Å². The number of pyridine rings is 1. The third-order valence-electron chi connectivity index (χ3n) is 2.49. The molecule has 0 spiro atoms. The Bertz CT molecular complexity index is 571. The molecule has 0 amide bonds. The van der Waals surface area contributed by atoms with Crippen LogP contribution in [0.2, 0.25) is 0 Å². The smallest absolute Gasteiger partial charge is 0.383 e. The summed E-state index contributed by atoms with van der Waals surface area (Å²) in [7, 11) is 0. The van der Waals surface area contributed by atoms with Gasteiger partial charge in [-0.2, -0.15) is 13.2 Å². The van der Waals surface area contributed by atoms with Gasteiger partial charge in [-0.15, -0.1) is 0 Å². The second-order valence-electron chi connectivity index (χ2n) is 3.90. The van der Waals surface area contributed by atoms with Crippen LogP contribution in [0.15, 0.2) is 34.8 Å². The van der Waals surface area contributed by atoms with Crippen molar-refractivity contribution in [2.24, 2.45) is 0 Å². The number of hydrogen-bond donors (Lipinski definition) is 1. The molecule has 1 aromatic heterocycles. The zero-order chi connectivity index (χ0) is 13.3. The number of aromatic nitrogens is 1. The molecule has 0 bridgehead atoms. The van der Waals surface area contributed by atoms with Gasteiger partial charge in [-0.1, -0.05) is 22.0 Å². The number of rotatable bonds is 2. The van der Waals surface area contributed by atoms with Crippen LogP contribution in [0.1, 0.15) is 5.69 Å². The molecule has 1 N–H and O–H groups in total. The first-order valence-electron chi connectivity index (χ1n) is 5.16. The number of alkyl halides is 3. The molecule has 1 aromatic carbocycles. The number of aliphatic hydroxyl groups excluding tert-OH is 1. The Morgan fingerprint density at radius 2 is 1.94 bits per heavy atom. The van der Waals surface area contributed by atoms with Crippen LogP contribution in [0, 0.1) is 0 Å². The van der Waals surface area contributed by atoms with Gasteiger partial charge >= 0.3 is 6.18 Å². The molecule has 6 heteroatoms. The molecular formula is C12H9BrF3NO. The van der Waals surface area contributed by atoms with Crippen molar-refractivity contribution in [2.75, 3.05) is 0 Å². The maximum Gasteiger partial charge on any atom is 0.414 e. The van der Waals surface area contributed by atoms with Gasteiger partial charge in [-0.25, -0.2) is 0 Å². The molecule has 1 heterocycles. The SMILES string of the molecule is OC(Cc1ccc2cc(Br)ccc2n1)C(F)(F)F. The van der Waals surface area contributed by atoms with Gasteiger partial charge in [0, 0.05) is 22.0 Å². The predicted octanol–water partition coefficient (Wildman–Crippen LogP) is 3.46.